The number of benzene rings is 8. The predicted octanol–water partition coefficient (Wildman–Crippen LogP) is 15.3. The molecule has 3 heterocycles. The minimum absolute atomic E-state index is 0. The van der Waals surface area contributed by atoms with Gasteiger partial charge in [0.1, 0.15) is 22.7 Å². The molecule has 8 aromatic carbocycles. The van der Waals surface area contributed by atoms with Crippen LogP contribution in [0.25, 0.3) is 94.3 Å². The van der Waals surface area contributed by atoms with Crippen molar-refractivity contribution in [2.24, 2.45) is 0 Å². The van der Waals surface area contributed by atoms with Gasteiger partial charge in [-0.2, -0.15) is 0 Å². The summed E-state index contributed by atoms with van der Waals surface area (Å²) >= 11 is 0. The van der Waals surface area contributed by atoms with Gasteiger partial charge in [-0.3, -0.25) is 9.55 Å². The van der Waals surface area contributed by atoms with E-state index in [1.165, 1.54) is 11.1 Å². The molecular weight excluding hydrogens is 978 g/mol. The molecule has 0 aliphatic carbocycles. The normalized spacial score (nSPS) is 12.0. The van der Waals surface area contributed by atoms with E-state index in [1.807, 2.05) is 36.5 Å². The predicted molar refractivity (Wildman–Crippen MR) is 263 cm³/mol. The maximum Gasteiger partial charge on any atom is 0.148 e. The second kappa shape index (κ2) is 16.2. The van der Waals surface area contributed by atoms with Gasteiger partial charge in [-0.1, -0.05) is 167 Å². The Balaban J connectivity index is 0.00000498. The minimum Gasteiger partial charge on any atom is -0.507 e. The molecule has 6 heteroatoms. The van der Waals surface area contributed by atoms with Crippen molar-refractivity contribution in [3.8, 4) is 56.3 Å². The van der Waals surface area contributed by atoms with E-state index in [9.17, 15) is 5.11 Å². The molecule has 0 aliphatic heterocycles. The van der Waals surface area contributed by atoms with Crippen molar-refractivity contribution in [1.29, 1.82) is 0 Å². The standard InChI is InChI=1S/C59H46N3O2.Pt/c1-58(2,3)42-28-29-48(47(36-42)37-17-8-6-9-18-37)62-49-25-16-24-45(56(49)61-57(62)46-23-14-15-26-50(46)63)39-33-40(35-43(34-39)59(4,5)41-20-10-7-11-21-41)55-54-52(31-32-60-55)64-51-30-27-38-19-12-13-22-44(38)53(51)54;/h6-32,34-36,63H,1-5H3;/q-1;. The number of phenols is 1. The van der Waals surface area contributed by atoms with Crippen LogP contribution in [0.1, 0.15) is 51.3 Å². The molecule has 0 atom stereocenters. The van der Waals surface area contributed by atoms with Gasteiger partial charge in [-0.15, -0.1) is 29.3 Å². The van der Waals surface area contributed by atoms with Crippen LogP contribution in [0.15, 0.2) is 187 Å². The van der Waals surface area contributed by atoms with Gasteiger partial charge >= 0.3 is 0 Å². The molecular formula is C59H46N3O2Pt-. The van der Waals surface area contributed by atoms with Crippen molar-refractivity contribution in [3.05, 3.63) is 205 Å². The van der Waals surface area contributed by atoms with E-state index in [-0.39, 0.29) is 32.2 Å². The molecule has 0 saturated heterocycles. The Morgan fingerprint density at radius 3 is 2.05 bits per heavy atom. The number of hydrogen-bond donors (Lipinski definition) is 1. The second-order valence-corrected chi connectivity index (χ2v) is 18.3. The number of pyridine rings is 1. The number of rotatable bonds is 7. The Morgan fingerprint density at radius 1 is 0.569 bits per heavy atom. The Kier molecular flexibility index (Phi) is 10.4. The van der Waals surface area contributed by atoms with Crippen LogP contribution in [0.5, 0.6) is 5.75 Å². The third-order valence-corrected chi connectivity index (χ3v) is 12.9. The fraction of sp³-hybridized carbons (Fsp3) is 0.119. The monoisotopic (exact) mass is 1020 g/mol. The molecule has 5 nitrogen and oxygen atoms in total. The van der Waals surface area contributed by atoms with Crippen molar-refractivity contribution in [1.82, 2.24) is 14.5 Å². The van der Waals surface area contributed by atoms with E-state index in [2.05, 4.69) is 185 Å². The molecule has 0 unspecified atom stereocenters. The summed E-state index contributed by atoms with van der Waals surface area (Å²) in [4.78, 5) is 10.7. The average Bonchev–Trinajstić information content (AvgIpc) is 3.91. The molecule has 1 N–H and O–H groups in total. The van der Waals surface area contributed by atoms with Crippen LogP contribution >= 0.6 is 0 Å². The number of hydrogen-bond acceptors (Lipinski definition) is 4. The molecule has 65 heavy (non-hydrogen) atoms. The second-order valence-electron chi connectivity index (χ2n) is 18.3. The van der Waals surface area contributed by atoms with Crippen LogP contribution in [0.4, 0.5) is 0 Å². The Bertz CT molecular complexity index is 3580. The van der Waals surface area contributed by atoms with Gasteiger partial charge in [0, 0.05) is 54.7 Å². The van der Waals surface area contributed by atoms with Crippen molar-refractivity contribution >= 4 is 43.7 Å². The zero-order valence-corrected chi connectivity index (χ0v) is 39.1. The molecule has 0 saturated carbocycles. The number of phenolic OH excluding ortho intramolecular Hbond substituents is 1. The zero-order chi connectivity index (χ0) is 43.7. The molecule has 0 aliphatic rings. The van der Waals surface area contributed by atoms with Crippen LogP contribution in [-0.2, 0) is 31.9 Å². The molecule has 0 fully saturated rings. The molecule has 11 aromatic rings. The smallest absolute Gasteiger partial charge is 0.148 e. The van der Waals surface area contributed by atoms with E-state index >= 15 is 0 Å². The van der Waals surface area contributed by atoms with Gasteiger partial charge in [0.05, 0.1) is 22.3 Å². The molecule has 0 amide bonds. The zero-order valence-electron chi connectivity index (χ0n) is 36.8. The number of para-hydroxylation sites is 2. The number of furan rings is 1. The van der Waals surface area contributed by atoms with Crippen LogP contribution in [0, 0.1) is 6.07 Å². The van der Waals surface area contributed by atoms with Crippen LogP contribution in [0.2, 0.25) is 0 Å². The Morgan fingerprint density at radius 2 is 1.26 bits per heavy atom. The first-order valence-electron chi connectivity index (χ1n) is 21.9. The van der Waals surface area contributed by atoms with Gasteiger partial charge in [0.25, 0.3) is 0 Å². The summed E-state index contributed by atoms with van der Waals surface area (Å²) in [6.07, 6.45) is 1.83. The Hall–Kier alpha value is -7.07. The SMILES string of the molecule is CC(C)(C)c1ccc(-n2c(-c3ccccc3O)nc3c(-c4[c-]c(-c5nccc6oc7ccc8ccccc8c7c56)cc(C(C)(C)c5ccccc5)c4)cccc32)c(-c2ccccc2)c1.[Pt]. The summed E-state index contributed by atoms with van der Waals surface area (Å²) < 4.78 is 8.77. The van der Waals surface area contributed by atoms with Gasteiger partial charge in [0.15, 0.2) is 0 Å². The van der Waals surface area contributed by atoms with Crippen molar-refractivity contribution in [2.45, 2.75) is 45.4 Å². The van der Waals surface area contributed by atoms with Crippen molar-refractivity contribution in [3.63, 3.8) is 0 Å². The average molecular weight is 1020 g/mol. The quantitative estimate of drug-likeness (QED) is 0.162. The van der Waals surface area contributed by atoms with Crippen molar-refractivity contribution < 1.29 is 30.6 Å². The first-order valence-corrected chi connectivity index (χ1v) is 21.9. The van der Waals surface area contributed by atoms with Gasteiger partial charge in [0.2, 0.25) is 0 Å². The summed E-state index contributed by atoms with van der Waals surface area (Å²) in [5.41, 5.74) is 13.6. The first-order chi connectivity index (χ1) is 31.0. The largest absolute Gasteiger partial charge is 0.507 e. The van der Waals surface area contributed by atoms with Gasteiger partial charge in [-0.05, 0) is 75.3 Å². The fourth-order valence-corrected chi connectivity index (χ4v) is 9.36. The first kappa shape index (κ1) is 41.9. The summed E-state index contributed by atoms with van der Waals surface area (Å²) in [7, 11) is 0. The topological polar surface area (TPSA) is 64.1 Å². The Labute approximate surface area is 393 Å². The van der Waals surface area contributed by atoms with E-state index < -0.39 is 5.41 Å². The number of aromatic hydroxyl groups is 1. The minimum atomic E-state index is -0.396. The molecule has 0 bridgehead atoms. The number of imidazole rings is 1. The molecule has 0 spiro atoms. The van der Waals surface area contributed by atoms with E-state index in [0.717, 1.165) is 88.5 Å². The summed E-state index contributed by atoms with van der Waals surface area (Å²) in [5, 5.41) is 15.8. The molecule has 3 aromatic heterocycles. The summed E-state index contributed by atoms with van der Waals surface area (Å²) in [5.74, 6) is 0.804. The number of nitrogens with zero attached hydrogens (tertiary/aromatic N) is 3. The molecule has 11 rings (SSSR count). The number of fused-ring (bicyclic) bond motifs is 6. The number of aromatic nitrogens is 3. The maximum absolute atomic E-state index is 11.5. The van der Waals surface area contributed by atoms with Crippen LogP contribution in [0.3, 0.4) is 0 Å². The van der Waals surface area contributed by atoms with Gasteiger partial charge < -0.3 is 9.52 Å². The van der Waals surface area contributed by atoms with Gasteiger partial charge in [-0.25, -0.2) is 4.98 Å². The van der Waals surface area contributed by atoms with E-state index in [0.29, 0.717) is 11.4 Å². The molecule has 0 radical (unpaired) electrons. The summed E-state index contributed by atoms with van der Waals surface area (Å²) in [6.45, 7) is 11.3. The third kappa shape index (κ3) is 7.16. The van der Waals surface area contributed by atoms with E-state index in [1.54, 1.807) is 6.07 Å². The van der Waals surface area contributed by atoms with Crippen LogP contribution in [-0.4, -0.2) is 19.6 Å². The van der Waals surface area contributed by atoms with E-state index in [4.69, 9.17) is 14.4 Å². The molecule has 320 valence electrons. The summed E-state index contributed by atoms with van der Waals surface area (Å²) in [6, 6.07) is 64.8. The van der Waals surface area contributed by atoms with Crippen LogP contribution < -0.4 is 0 Å². The third-order valence-electron chi connectivity index (χ3n) is 12.9. The van der Waals surface area contributed by atoms with Crippen molar-refractivity contribution in [2.75, 3.05) is 0 Å². The fourth-order valence-electron chi connectivity index (χ4n) is 9.36. The maximum atomic E-state index is 11.5.